The molecule has 0 aliphatic carbocycles. The van der Waals surface area contributed by atoms with E-state index >= 15 is 0 Å². The number of carbonyl (C=O) groups excluding carboxylic acids is 2. The fourth-order valence-electron chi connectivity index (χ4n) is 2.76. The number of methoxy groups -OCH3 is 2. The van der Waals surface area contributed by atoms with Gasteiger partial charge in [0.2, 0.25) is 0 Å². The van der Waals surface area contributed by atoms with Gasteiger partial charge in [0, 0.05) is 20.8 Å². The Bertz CT molecular complexity index is 513. The van der Waals surface area contributed by atoms with Gasteiger partial charge in [0.15, 0.2) is 6.29 Å². The van der Waals surface area contributed by atoms with Crippen LogP contribution in [0, 0.1) is 0 Å². The number of likely N-dealkylation sites (tertiary alicyclic amines) is 1. The lowest BCUT2D eigenvalue weighted by atomic mass is 10.1. The summed E-state index contributed by atoms with van der Waals surface area (Å²) in [6.45, 7) is 2.58. The summed E-state index contributed by atoms with van der Waals surface area (Å²) in [6, 6.07) is 2.18. The van der Waals surface area contributed by atoms with Crippen molar-refractivity contribution in [3.8, 4) is 0 Å². The predicted molar refractivity (Wildman–Crippen MR) is 91.7 cm³/mol. The minimum Gasteiger partial charge on any atom is -0.354 e. The molecule has 1 saturated heterocycles. The largest absolute Gasteiger partial charge is 0.354 e. The summed E-state index contributed by atoms with van der Waals surface area (Å²) >= 11 is 1.64. The summed E-state index contributed by atoms with van der Waals surface area (Å²) in [5.74, 6) is -1.32. The van der Waals surface area contributed by atoms with Crippen LogP contribution in [0.15, 0.2) is 16.8 Å². The number of carbonyl (C=O) groups is 2. The Morgan fingerprint density at radius 2 is 1.79 bits per heavy atom. The molecule has 1 aromatic rings. The molecule has 1 aromatic heterocycles. The van der Waals surface area contributed by atoms with Crippen LogP contribution in [0.4, 0.5) is 0 Å². The number of thiophene rings is 1. The summed E-state index contributed by atoms with van der Waals surface area (Å²) in [7, 11) is 2.95. The van der Waals surface area contributed by atoms with Crippen LogP contribution in [-0.2, 0) is 19.1 Å². The molecule has 2 rings (SSSR count). The fraction of sp³-hybridized carbons (Fsp3) is 0.625. The monoisotopic (exact) mass is 355 g/mol. The van der Waals surface area contributed by atoms with Crippen LogP contribution >= 0.6 is 11.3 Å². The van der Waals surface area contributed by atoms with E-state index in [0.29, 0.717) is 6.54 Å². The van der Waals surface area contributed by atoms with Gasteiger partial charge in [0.25, 0.3) is 0 Å². The number of rotatable bonds is 8. The second kappa shape index (κ2) is 9.73. The summed E-state index contributed by atoms with van der Waals surface area (Å²) in [5, 5.41) is 9.36. The molecule has 1 unspecified atom stereocenters. The van der Waals surface area contributed by atoms with Gasteiger partial charge in [-0.25, -0.2) is 0 Å². The number of ether oxygens (including phenoxy) is 2. The van der Waals surface area contributed by atoms with Crippen LogP contribution < -0.4 is 10.6 Å². The van der Waals surface area contributed by atoms with Gasteiger partial charge in [0.05, 0.1) is 12.6 Å². The van der Waals surface area contributed by atoms with Gasteiger partial charge < -0.3 is 20.1 Å². The van der Waals surface area contributed by atoms with Crippen LogP contribution in [0.2, 0.25) is 0 Å². The highest BCUT2D eigenvalue weighted by molar-refractivity contribution is 7.07. The Kier molecular flexibility index (Phi) is 7.64. The molecule has 8 heteroatoms. The van der Waals surface area contributed by atoms with E-state index in [2.05, 4.69) is 27.0 Å². The van der Waals surface area contributed by atoms with E-state index in [-0.39, 0.29) is 12.6 Å². The maximum atomic E-state index is 12.0. The Balaban J connectivity index is 1.84. The van der Waals surface area contributed by atoms with E-state index in [9.17, 15) is 9.59 Å². The average Bonchev–Trinajstić information content (AvgIpc) is 3.29. The van der Waals surface area contributed by atoms with E-state index in [1.165, 1.54) is 32.6 Å². The molecule has 2 N–H and O–H groups in total. The van der Waals surface area contributed by atoms with Crippen LogP contribution in [-0.4, -0.2) is 63.4 Å². The number of nitrogens with one attached hydrogen (secondary N) is 2. The van der Waals surface area contributed by atoms with Crippen molar-refractivity contribution in [3.63, 3.8) is 0 Å². The summed E-state index contributed by atoms with van der Waals surface area (Å²) in [5.41, 5.74) is 1.18. The van der Waals surface area contributed by atoms with Crippen molar-refractivity contribution >= 4 is 23.2 Å². The van der Waals surface area contributed by atoms with E-state index < -0.39 is 18.1 Å². The van der Waals surface area contributed by atoms with Crippen LogP contribution in [0.25, 0.3) is 0 Å². The molecule has 0 bridgehead atoms. The first-order chi connectivity index (χ1) is 11.7. The van der Waals surface area contributed by atoms with E-state index in [1.54, 1.807) is 11.3 Å². The normalized spacial score (nSPS) is 16.3. The Morgan fingerprint density at radius 1 is 1.17 bits per heavy atom. The predicted octanol–water partition coefficient (Wildman–Crippen LogP) is 0.736. The lowest BCUT2D eigenvalue weighted by molar-refractivity contribution is -0.141. The standard InChI is InChI=1S/C16H25N3O4S/c1-22-14(23-2)10-18-16(21)15(20)17-9-13(12-5-8-24-11-12)19-6-3-4-7-19/h5,8,11,13-14H,3-4,6-7,9-10H2,1-2H3,(H,17,20)(H,18,21). The fourth-order valence-corrected chi connectivity index (χ4v) is 3.47. The van der Waals surface area contributed by atoms with E-state index in [4.69, 9.17) is 9.47 Å². The number of nitrogens with zero attached hydrogens (tertiary/aromatic N) is 1. The van der Waals surface area contributed by atoms with Crippen molar-refractivity contribution in [2.24, 2.45) is 0 Å². The summed E-state index contributed by atoms with van der Waals surface area (Å²) in [6.07, 6.45) is 1.78. The molecule has 2 heterocycles. The Hall–Kier alpha value is -1.48. The maximum Gasteiger partial charge on any atom is 0.309 e. The smallest absolute Gasteiger partial charge is 0.309 e. The zero-order valence-corrected chi connectivity index (χ0v) is 14.9. The molecular formula is C16H25N3O4S. The molecule has 134 valence electrons. The molecule has 2 amide bonds. The van der Waals surface area contributed by atoms with Crippen LogP contribution in [0.1, 0.15) is 24.4 Å². The van der Waals surface area contributed by atoms with Gasteiger partial charge in [-0.3, -0.25) is 14.5 Å². The number of amides is 2. The molecule has 1 aliphatic heterocycles. The molecule has 1 atom stereocenters. The molecule has 0 spiro atoms. The minimum absolute atomic E-state index is 0.112. The second-order valence-corrected chi connectivity index (χ2v) is 6.42. The summed E-state index contributed by atoms with van der Waals surface area (Å²) < 4.78 is 9.94. The van der Waals surface area contributed by atoms with E-state index in [1.807, 2.05) is 5.38 Å². The first-order valence-corrected chi connectivity index (χ1v) is 8.97. The molecule has 1 fully saturated rings. The second-order valence-electron chi connectivity index (χ2n) is 5.64. The lowest BCUT2D eigenvalue weighted by Crippen LogP contribution is -2.45. The van der Waals surface area contributed by atoms with Gasteiger partial charge in [-0.15, -0.1) is 0 Å². The zero-order valence-electron chi connectivity index (χ0n) is 14.1. The first-order valence-electron chi connectivity index (χ1n) is 8.03. The van der Waals surface area contributed by atoms with Gasteiger partial charge in [-0.05, 0) is 48.3 Å². The van der Waals surface area contributed by atoms with E-state index in [0.717, 1.165) is 13.1 Å². The third-order valence-corrected chi connectivity index (χ3v) is 4.83. The van der Waals surface area contributed by atoms with Crippen molar-refractivity contribution in [2.75, 3.05) is 40.4 Å². The maximum absolute atomic E-state index is 12.0. The quantitative estimate of drug-likeness (QED) is 0.531. The molecule has 24 heavy (non-hydrogen) atoms. The molecule has 0 aromatic carbocycles. The van der Waals surface area contributed by atoms with Crippen molar-refractivity contribution < 1.29 is 19.1 Å². The first kappa shape index (κ1) is 18.9. The third kappa shape index (κ3) is 5.27. The van der Waals surface area contributed by atoms with Gasteiger partial charge in [0.1, 0.15) is 0 Å². The van der Waals surface area contributed by atoms with Crippen molar-refractivity contribution in [1.82, 2.24) is 15.5 Å². The van der Waals surface area contributed by atoms with Gasteiger partial charge in [-0.1, -0.05) is 0 Å². The molecule has 0 saturated carbocycles. The molecule has 0 radical (unpaired) electrons. The number of hydrogen-bond acceptors (Lipinski definition) is 6. The van der Waals surface area contributed by atoms with Crippen LogP contribution in [0.3, 0.4) is 0 Å². The van der Waals surface area contributed by atoms with Crippen molar-refractivity contribution in [2.45, 2.75) is 25.2 Å². The Labute approximate surface area is 146 Å². The highest BCUT2D eigenvalue weighted by Crippen LogP contribution is 2.26. The highest BCUT2D eigenvalue weighted by atomic mass is 32.1. The topological polar surface area (TPSA) is 79.9 Å². The van der Waals surface area contributed by atoms with Gasteiger partial charge >= 0.3 is 11.8 Å². The SMILES string of the molecule is COC(CNC(=O)C(=O)NCC(c1ccsc1)N1CCCC1)OC. The van der Waals surface area contributed by atoms with Gasteiger partial charge in [-0.2, -0.15) is 11.3 Å². The lowest BCUT2D eigenvalue weighted by Gasteiger charge is -2.27. The number of hydrogen-bond donors (Lipinski definition) is 2. The third-order valence-electron chi connectivity index (χ3n) is 4.13. The van der Waals surface area contributed by atoms with Crippen molar-refractivity contribution in [1.29, 1.82) is 0 Å². The molecule has 1 aliphatic rings. The summed E-state index contributed by atoms with van der Waals surface area (Å²) in [4.78, 5) is 26.2. The average molecular weight is 355 g/mol. The minimum atomic E-state index is -0.681. The molecule has 7 nitrogen and oxygen atoms in total. The zero-order chi connectivity index (χ0) is 17.4. The highest BCUT2D eigenvalue weighted by Gasteiger charge is 2.25. The molecular weight excluding hydrogens is 330 g/mol. The Morgan fingerprint density at radius 3 is 2.33 bits per heavy atom. The van der Waals surface area contributed by atoms with Crippen LogP contribution in [0.5, 0.6) is 0 Å². The van der Waals surface area contributed by atoms with Crippen molar-refractivity contribution in [3.05, 3.63) is 22.4 Å².